The highest BCUT2D eigenvalue weighted by Gasteiger charge is 2.13. The SMILES string of the molecule is CCNC(C)c1cccn1Cc1c(F)cccc1F. The summed E-state index contributed by atoms with van der Waals surface area (Å²) in [6, 6.07) is 7.96. The zero-order chi connectivity index (χ0) is 13.8. The molecule has 0 saturated heterocycles. The van der Waals surface area contributed by atoms with E-state index in [1.807, 2.05) is 36.7 Å². The molecule has 1 aromatic carbocycles. The van der Waals surface area contributed by atoms with Crippen molar-refractivity contribution >= 4 is 0 Å². The van der Waals surface area contributed by atoms with Crippen LogP contribution in [0.25, 0.3) is 0 Å². The summed E-state index contributed by atoms with van der Waals surface area (Å²) in [5.74, 6) is -1.01. The van der Waals surface area contributed by atoms with Crippen molar-refractivity contribution in [1.29, 1.82) is 0 Å². The first-order valence-electron chi connectivity index (χ1n) is 6.44. The van der Waals surface area contributed by atoms with Gasteiger partial charge in [-0.2, -0.15) is 0 Å². The molecule has 0 aliphatic heterocycles. The molecule has 0 aliphatic carbocycles. The monoisotopic (exact) mass is 264 g/mol. The van der Waals surface area contributed by atoms with Gasteiger partial charge >= 0.3 is 0 Å². The number of aromatic nitrogens is 1. The Kier molecular flexibility index (Phi) is 4.32. The third kappa shape index (κ3) is 3.01. The molecule has 2 nitrogen and oxygen atoms in total. The van der Waals surface area contributed by atoms with Crippen LogP contribution in [0.4, 0.5) is 8.78 Å². The van der Waals surface area contributed by atoms with Gasteiger partial charge in [0.2, 0.25) is 0 Å². The summed E-state index contributed by atoms with van der Waals surface area (Å²) in [4.78, 5) is 0. The molecule has 0 bridgehead atoms. The van der Waals surface area contributed by atoms with E-state index in [9.17, 15) is 8.78 Å². The van der Waals surface area contributed by atoms with Gasteiger partial charge < -0.3 is 9.88 Å². The number of benzene rings is 1. The predicted octanol–water partition coefficient (Wildman–Crippen LogP) is 3.49. The Hall–Kier alpha value is -1.68. The second kappa shape index (κ2) is 5.97. The molecule has 102 valence electrons. The fourth-order valence-electron chi connectivity index (χ4n) is 2.23. The minimum Gasteiger partial charge on any atom is -0.345 e. The van der Waals surface area contributed by atoms with E-state index in [-0.39, 0.29) is 18.2 Å². The smallest absolute Gasteiger partial charge is 0.131 e. The normalized spacial score (nSPS) is 12.6. The highest BCUT2D eigenvalue weighted by Crippen LogP contribution is 2.18. The molecule has 0 radical (unpaired) electrons. The fourth-order valence-corrected chi connectivity index (χ4v) is 2.23. The lowest BCUT2D eigenvalue weighted by atomic mass is 10.2. The van der Waals surface area contributed by atoms with Gasteiger partial charge in [0.15, 0.2) is 0 Å². The van der Waals surface area contributed by atoms with Gasteiger partial charge in [-0.1, -0.05) is 13.0 Å². The maximum atomic E-state index is 13.7. The average molecular weight is 264 g/mol. The standard InChI is InChI=1S/C15H18F2N2/c1-3-18-11(2)15-8-5-9-19(15)10-12-13(16)6-4-7-14(12)17/h4-9,11,18H,3,10H2,1-2H3. The van der Waals surface area contributed by atoms with Crippen molar-refractivity contribution in [1.82, 2.24) is 9.88 Å². The zero-order valence-electron chi connectivity index (χ0n) is 11.2. The number of hydrogen-bond donors (Lipinski definition) is 1. The van der Waals surface area contributed by atoms with E-state index in [0.29, 0.717) is 0 Å². The molecular weight excluding hydrogens is 246 g/mol. The number of rotatable bonds is 5. The van der Waals surface area contributed by atoms with E-state index in [0.717, 1.165) is 12.2 Å². The summed E-state index contributed by atoms with van der Waals surface area (Å²) in [5.41, 5.74) is 1.12. The van der Waals surface area contributed by atoms with Crippen molar-refractivity contribution in [3.63, 3.8) is 0 Å². The third-order valence-corrected chi connectivity index (χ3v) is 3.21. The molecular formula is C15H18F2N2. The van der Waals surface area contributed by atoms with Crippen LogP contribution in [-0.2, 0) is 6.54 Å². The Morgan fingerprint density at radius 1 is 1.16 bits per heavy atom. The van der Waals surface area contributed by atoms with Crippen LogP contribution < -0.4 is 5.32 Å². The molecule has 1 unspecified atom stereocenters. The summed E-state index contributed by atoms with van der Waals surface area (Å²) < 4.78 is 29.2. The second-order valence-electron chi connectivity index (χ2n) is 4.54. The van der Waals surface area contributed by atoms with E-state index in [1.165, 1.54) is 18.2 Å². The summed E-state index contributed by atoms with van der Waals surface area (Å²) in [6.07, 6.45) is 1.84. The maximum absolute atomic E-state index is 13.7. The first kappa shape index (κ1) is 13.7. The minimum atomic E-state index is -0.504. The molecule has 2 rings (SSSR count). The van der Waals surface area contributed by atoms with Crippen molar-refractivity contribution in [2.45, 2.75) is 26.4 Å². The van der Waals surface area contributed by atoms with Crippen LogP contribution in [-0.4, -0.2) is 11.1 Å². The van der Waals surface area contributed by atoms with E-state index >= 15 is 0 Å². The molecule has 19 heavy (non-hydrogen) atoms. The fraction of sp³-hybridized carbons (Fsp3) is 0.333. The van der Waals surface area contributed by atoms with E-state index in [1.54, 1.807) is 0 Å². The zero-order valence-corrected chi connectivity index (χ0v) is 11.2. The second-order valence-corrected chi connectivity index (χ2v) is 4.54. The number of nitrogens with zero attached hydrogens (tertiary/aromatic N) is 1. The van der Waals surface area contributed by atoms with Gasteiger partial charge in [0.05, 0.1) is 6.54 Å². The minimum absolute atomic E-state index is 0.101. The highest BCUT2D eigenvalue weighted by atomic mass is 19.1. The van der Waals surface area contributed by atoms with Crippen LogP contribution in [0.3, 0.4) is 0 Å². The number of hydrogen-bond acceptors (Lipinski definition) is 1. The summed E-state index contributed by atoms with van der Waals surface area (Å²) in [6.45, 7) is 5.12. The van der Waals surface area contributed by atoms with Crippen LogP contribution in [0.15, 0.2) is 36.5 Å². The van der Waals surface area contributed by atoms with Gasteiger partial charge in [0, 0.05) is 23.5 Å². The van der Waals surface area contributed by atoms with Gasteiger partial charge in [-0.05, 0) is 37.7 Å². The summed E-state index contributed by atoms with van der Waals surface area (Å²) in [7, 11) is 0. The molecule has 0 amide bonds. The Labute approximate surface area is 112 Å². The summed E-state index contributed by atoms with van der Waals surface area (Å²) in [5, 5.41) is 3.29. The lowest BCUT2D eigenvalue weighted by molar-refractivity contribution is 0.521. The molecule has 1 aromatic heterocycles. The van der Waals surface area contributed by atoms with Crippen molar-refractivity contribution in [3.05, 3.63) is 59.4 Å². The third-order valence-electron chi connectivity index (χ3n) is 3.21. The lowest BCUT2D eigenvalue weighted by Gasteiger charge is -2.17. The van der Waals surface area contributed by atoms with Gasteiger partial charge in [-0.3, -0.25) is 0 Å². The molecule has 0 saturated carbocycles. The number of nitrogens with one attached hydrogen (secondary N) is 1. The van der Waals surface area contributed by atoms with Crippen molar-refractivity contribution in [2.75, 3.05) is 6.54 Å². The molecule has 1 atom stereocenters. The quantitative estimate of drug-likeness (QED) is 0.874. The molecule has 2 aromatic rings. The first-order valence-corrected chi connectivity index (χ1v) is 6.44. The van der Waals surface area contributed by atoms with Crippen molar-refractivity contribution in [2.24, 2.45) is 0 Å². The van der Waals surface area contributed by atoms with Gasteiger partial charge in [0.25, 0.3) is 0 Å². The average Bonchev–Trinajstić information content (AvgIpc) is 2.82. The summed E-state index contributed by atoms with van der Waals surface area (Å²) >= 11 is 0. The van der Waals surface area contributed by atoms with Gasteiger partial charge in [0.1, 0.15) is 11.6 Å². The molecule has 0 aliphatic rings. The molecule has 4 heteroatoms. The van der Waals surface area contributed by atoms with Crippen LogP contribution in [0.1, 0.15) is 31.1 Å². The largest absolute Gasteiger partial charge is 0.345 e. The molecule has 1 heterocycles. The topological polar surface area (TPSA) is 17.0 Å². The van der Waals surface area contributed by atoms with Crippen LogP contribution in [0, 0.1) is 11.6 Å². The van der Waals surface area contributed by atoms with E-state index in [4.69, 9.17) is 0 Å². The number of halogens is 2. The lowest BCUT2D eigenvalue weighted by Crippen LogP contribution is -2.21. The van der Waals surface area contributed by atoms with Gasteiger partial charge in [-0.25, -0.2) is 8.78 Å². The molecule has 1 N–H and O–H groups in total. The Balaban J connectivity index is 2.27. The predicted molar refractivity (Wildman–Crippen MR) is 72.0 cm³/mol. The maximum Gasteiger partial charge on any atom is 0.131 e. The Bertz CT molecular complexity index is 529. The van der Waals surface area contributed by atoms with E-state index in [2.05, 4.69) is 5.32 Å². The van der Waals surface area contributed by atoms with Crippen molar-refractivity contribution in [3.8, 4) is 0 Å². The van der Waals surface area contributed by atoms with Crippen LogP contribution in [0.5, 0.6) is 0 Å². The molecule has 0 fully saturated rings. The van der Waals surface area contributed by atoms with Crippen LogP contribution in [0.2, 0.25) is 0 Å². The van der Waals surface area contributed by atoms with E-state index < -0.39 is 11.6 Å². The van der Waals surface area contributed by atoms with Crippen molar-refractivity contribution < 1.29 is 8.78 Å². The Morgan fingerprint density at radius 2 is 1.84 bits per heavy atom. The highest BCUT2D eigenvalue weighted by molar-refractivity contribution is 5.22. The first-order chi connectivity index (χ1) is 9.13. The van der Waals surface area contributed by atoms with Crippen LogP contribution >= 0.6 is 0 Å². The Morgan fingerprint density at radius 3 is 2.47 bits per heavy atom. The molecule has 0 spiro atoms. The van der Waals surface area contributed by atoms with Gasteiger partial charge in [-0.15, -0.1) is 0 Å².